The molecule has 7 heteroatoms. The van der Waals surface area contributed by atoms with Crippen LogP contribution in [-0.2, 0) is 16.0 Å². The fourth-order valence-electron chi connectivity index (χ4n) is 4.16. The Morgan fingerprint density at radius 3 is 1.92 bits per heavy atom. The molecule has 0 aliphatic carbocycles. The largest absolute Gasteiger partial charge is 0.376 e. The molecule has 3 aromatic carbocycles. The summed E-state index contributed by atoms with van der Waals surface area (Å²) in [6.45, 7) is 1.71. The molecule has 3 aromatic rings. The van der Waals surface area contributed by atoms with Gasteiger partial charge in [-0.05, 0) is 79.8 Å². The molecule has 1 aliphatic rings. The second-order valence-electron chi connectivity index (χ2n) is 8.94. The normalized spacial score (nSPS) is 13.1. The number of nitrogens with zero attached hydrogens (tertiary/aromatic N) is 1. The van der Waals surface area contributed by atoms with Gasteiger partial charge in [0.25, 0.3) is 5.91 Å². The first-order chi connectivity index (χ1) is 17.6. The van der Waals surface area contributed by atoms with Crippen LogP contribution in [0.3, 0.4) is 0 Å². The zero-order valence-electron chi connectivity index (χ0n) is 20.3. The Labute approximate surface area is 211 Å². The number of piperidine rings is 1. The number of benzene rings is 3. The molecule has 0 spiro atoms. The predicted molar refractivity (Wildman–Crippen MR) is 143 cm³/mol. The Balaban J connectivity index is 1.19. The summed E-state index contributed by atoms with van der Waals surface area (Å²) in [4.78, 5) is 39.0. The van der Waals surface area contributed by atoms with Crippen molar-refractivity contribution in [3.63, 3.8) is 0 Å². The third kappa shape index (κ3) is 7.43. The highest BCUT2D eigenvalue weighted by Gasteiger charge is 2.18. The molecular formula is C29H32N4O3. The smallest absolute Gasteiger partial charge is 0.253 e. The standard InChI is InChI=1S/C29H32N4O3/c34-27(18-9-22-7-3-1-4-8-22)31-26-16-14-24(15-17-26)30-21-28(35)32-25-12-10-23(11-13-25)29(36)33-19-5-2-6-20-33/h1,3-4,7-8,10-17,30H,2,5-6,9,18-21H2,(H,31,34)(H,32,35). The van der Waals surface area contributed by atoms with Crippen molar-refractivity contribution in [1.29, 1.82) is 0 Å². The van der Waals surface area contributed by atoms with Gasteiger partial charge < -0.3 is 20.9 Å². The van der Waals surface area contributed by atoms with Gasteiger partial charge in [0.15, 0.2) is 0 Å². The molecule has 4 rings (SSSR count). The van der Waals surface area contributed by atoms with Crippen molar-refractivity contribution in [1.82, 2.24) is 4.90 Å². The molecule has 186 valence electrons. The molecule has 1 heterocycles. The fourth-order valence-corrected chi connectivity index (χ4v) is 4.16. The van der Waals surface area contributed by atoms with E-state index in [1.165, 1.54) is 6.42 Å². The lowest BCUT2D eigenvalue weighted by molar-refractivity contribution is -0.116. The number of aryl methyl sites for hydroxylation is 1. The van der Waals surface area contributed by atoms with Crippen LogP contribution in [0.1, 0.15) is 41.6 Å². The second-order valence-corrected chi connectivity index (χ2v) is 8.94. The Kier molecular flexibility index (Phi) is 8.70. The number of carbonyl (C=O) groups excluding carboxylic acids is 3. The van der Waals surface area contributed by atoms with Crippen molar-refractivity contribution in [3.8, 4) is 0 Å². The molecule has 0 atom stereocenters. The maximum atomic E-state index is 12.6. The number of carbonyl (C=O) groups is 3. The molecule has 0 unspecified atom stereocenters. The molecule has 3 N–H and O–H groups in total. The summed E-state index contributed by atoms with van der Waals surface area (Å²) < 4.78 is 0. The second kappa shape index (κ2) is 12.5. The van der Waals surface area contributed by atoms with Crippen LogP contribution in [0.5, 0.6) is 0 Å². The van der Waals surface area contributed by atoms with Gasteiger partial charge in [-0.2, -0.15) is 0 Å². The number of likely N-dealkylation sites (tertiary alicyclic amines) is 1. The summed E-state index contributed by atoms with van der Waals surface area (Å²) in [6, 6.07) is 24.2. The molecule has 0 saturated carbocycles. The zero-order valence-corrected chi connectivity index (χ0v) is 20.3. The first-order valence-electron chi connectivity index (χ1n) is 12.4. The number of anilines is 3. The van der Waals surface area contributed by atoms with Crippen LogP contribution in [0.15, 0.2) is 78.9 Å². The van der Waals surface area contributed by atoms with E-state index in [1.54, 1.807) is 36.4 Å². The van der Waals surface area contributed by atoms with Gasteiger partial charge in [-0.25, -0.2) is 0 Å². The number of nitrogens with one attached hydrogen (secondary N) is 3. The Bertz CT molecular complexity index is 1160. The average Bonchev–Trinajstić information content (AvgIpc) is 2.93. The molecule has 0 bridgehead atoms. The topological polar surface area (TPSA) is 90.5 Å². The monoisotopic (exact) mass is 484 g/mol. The van der Waals surface area contributed by atoms with E-state index in [0.29, 0.717) is 29.8 Å². The number of hydrogen-bond acceptors (Lipinski definition) is 4. The van der Waals surface area contributed by atoms with Gasteiger partial charge in [0, 0.05) is 42.1 Å². The van der Waals surface area contributed by atoms with E-state index in [0.717, 1.165) is 37.2 Å². The van der Waals surface area contributed by atoms with Crippen molar-refractivity contribution >= 4 is 34.8 Å². The van der Waals surface area contributed by atoms with Gasteiger partial charge in [-0.3, -0.25) is 14.4 Å². The molecule has 7 nitrogen and oxygen atoms in total. The van der Waals surface area contributed by atoms with Crippen LogP contribution in [0, 0.1) is 0 Å². The highest BCUT2D eigenvalue weighted by Crippen LogP contribution is 2.17. The average molecular weight is 485 g/mol. The van der Waals surface area contributed by atoms with Gasteiger partial charge in [0.1, 0.15) is 0 Å². The molecule has 36 heavy (non-hydrogen) atoms. The van der Waals surface area contributed by atoms with Gasteiger partial charge in [-0.15, -0.1) is 0 Å². The molecular weight excluding hydrogens is 452 g/mol. The van der Waals surface area contributed by atoms with Crippen molar-refractivity contribution in [2.24, 2.45) is 0 Å². The van der Waals surface area contributed by atoms with Crippen LogP contribution in [0.25, 0.3) is 0 Å². The molecule has 0 aromatic heterocycles. The zero-order chi connectivity index (χ0) is 25.2. The van der Waals surface area contributed by atoms with Crippen molar-refractivity contribution in [3.05, 3.63) is 90.0 Å². The Hall–Kier alpha value is -4.13. The lowest BCUT2D eigenvalue weighted by Gasteiger charge is -2.26. The summed E-state index contributed by atoms with van der Waals surface area (Å²) >= 11 is 0. The summed E-state index contributed by atoms with van der Waals surface area (Å²) in [5.41, 5.74) is 3.90. The first kappa shape index (κ1) is 25.0. The molecule has 1 aliphatic heterocycles. The van der Waals surface area contributed by atoms with Crippen LogP contribution < -0.4 is 16.0 Å². The summed E-state index contributed by atoms with van der Waals surface area (Å²) in [6.07, 6.45) is 4.40. The van der Waals surface area contributed by atoms with Gasteiger partial charge in [0.05, 0.1) is 6.54 Å². The van der Waals surface area contributed by atoms with E-state index >= 15 is 0 Å². The Morgan fingerprint density at radius 2 is 1.25 bits per heavy atom. The van der Waals surface area contributed by atoms with Crippen LogP contribution in [0.4, 0.5) is 17.1 Å². The van der Waals surface area contributed by atoms with E-state index in [1.807, 2.05) is 47.4 Å². The van der Waals surface area contributed by atoms with Gasteiger partial charge in [-0.1, -0.05) is 30.3 Å². The van der Waals surface area contributed by atoms with E-state index < -0.39 is 0 Å². The lowest BCUT2D eigenvalue weighted by atomic mass is 10.1. The first-order valence-corrected chi connectivity index (χ1v) is 12.4. The predicted octanol–water partition coefficient (Wildman–Crippen LogP) is 4.93. The Morgan fingerprint density at radius 1 is 0.667 bits per heavy atom. The minimum absolute atomic E-state index is 0.0393. The highest BCUT2D eigenvalue weighted by molar-refractivity contribution is 5.97. The summed E-state index contributed by atoms with van der Waals surface area (Å²) in [7, 11) is 0. The highest BCUT2D eigenvalue weighted by atomic mass is 16.2. The van der Waals surface area contributed by atoms with Gasteiger partial charge in [0.2, 0.25) is 11.8 Å². The van der Waals surface area contributed by atoms with E-state index in [2.05, 4.69) is 16.0 Å². The number of amides is 3. The summed E-state index contributed by atoms with van der Waals surface area (Å²) in [5, 5.41) is 8.82. The van der Waals surface area contributed by atoms with Crippen molar-refractivity contribution < 1.29 is 14.4 Å². The van der Waals surface area contributed by atoms with E-state index in [-0.39, 0.29) is 24.3 Å². The van der Waals surface area contributed by atoms with E-state index in [9.17, 15) is 14.4 Å². The minimum Gasteiger partial charge on any atom is -0.376 e. The maximum Gasteiger partial charge on any atom is 0.253 e. The van der Waals surface area contributed by atoms with Crippen LogP contribution >= 0.6 is 0 Å². The number of rotatable bonds is 9. The maximum absolute atomic E-state index is 12.6. The fraction of sp³-hybridized carbons (Fsp3) is 0.276. The van der Waals surface area contributed by atoms with Crippen LogP contribution in [0.2, 0.25) is 0 Å². The molecule has 1 fully saturated rings. The van der Waals surface area contributed by atoms with Gasteiger partial charge >= 0.3 is 0 Å². The molecule has 3 amide bonds. The van der Waals surface area contributed by atoms with E-state index in [4.69, 9.17) is 0 Å². The molecule has 1 saturated heterocycles. The SMILES string of the molecule is O=C(CCc1ccccc1)Nc1ccc(NCC(=O)Nc2ccc(C(=O)N3CCCCC3)cc2)cc1. The quantitative estimate of drug-likeness (QED) is 0.402. The van der Waals surface area contributed by atoms with Crippen molar-refractivity contribution in [2.45, 2.75) is 32.1 Å². The third-order valence-corrected chi connectivity index (χ3v) is 6.16. The van der Waals surface area contributed by atoms with Crippen LogP contribution in [-0.4, -0.2) is 42.3 Å². The lowest BCUT2D eigenvalue weighted by Crippen LogP contribution is -2.35. The third-order valence-electron chi connectivity index (χ3n) is 6.16. The number of hydrogen-bond donors (Lipinski definition) is 3. The summed E-state index contributed by atoms with van der Waals surface area (Å²) in [5.74, 6) is -0.184. The minimum atomic E-state index is -0.191. The molecule has 0 radical (unpaired) electrons. The van der Waals surface area contributed by atoms with Crippen molar-refractivity contribution in [2.75, 3.05) is 35.6 Å².